The van der Waals surface area contributed by atoms with Crippen LogP contribution in [0.2, 0.25) is 5.02 Å². The molecule has 138 valence electrons. The number of carbonyl (C=O) groups excluding carboxylic acids is 2. The van der Waals surface area contributed by atoms with Crippen molar-refractivity contribution in [3.8, 4) is 0 Å². The molecule has 0 radical (unpaired) electrons. The highest BCUT2D eigenvalue weighted by molar-refractivity contribution is 6.33. The third-order valence-electron chi connectivity index (χ3n) is 4.03. The molecule has 2 rings (SSSR count). The third-order valence-corrected chi connectivity index (χ3v) is 4.35. The number of hydrogen-bond donors (Lipinski definition) is 1. The molecule has 1 aromatic carbocycles. The van der Waals surface area contributed by atoms with Crippen LogP contribution >= 0.6 is 11.6 Å². The van der Waals surface area contributed by atoms with Gasteiger partial charge in [-0.05, 0) is 25.0 Å². The summed E-state index contributed by atoms with van der Waals surface area (Å²) < 4.78 is 23.8. The Balaban J connectivity index is 1.78. The molecule has 0 bridgehead atoms. The van der Waals surface area contributed by atoms with Gasteiger partial charge in [-0.3, -0.25) is 9.59 Å². The van der Waals surface area contributed by atoms with Crippen LogP contribution in [0.1, 0.15) is 23.2 Å². The van der Waals surface area contributed by atoms with Crippen molar-refractivity contribution in [2.24, 2.45) is 0 Å². The molecule has 1 aliphatic rings. The van der Waals surface area contributed by atoms with Crippen molar-refractivity contribution in [1.29, 1.82) is 0 Å². The summed E-state index contributed by atoms with van der Waals surface area (Å²) >= 11 is 5.90. The molecular formula is C17H22ClFN2O4. The van der Waals surface area contributed by atoms with Gasteiger partial charge in [-0.15, -0.1) is 0 Å². The molecule has 0 spiro atoms. The van der Waals surface area contributed by atoms with Crippen LogP contribution in [-0.2, 0) is 14.3 Å². The molecule has 0 aromatic heterocycles. The van der Waals surface area contributed by atoms with Crippen LogP contribution in [0.4, 0.5) is 4.39 Å². The first-order valence-electron chi connectivity index (χ1n) is 8.12. The number of nitrogens with one attached hydrogen (secondary N) is 1. The van der Waals surface area contributed by atoms with Crippen LogP contribution in [0.15, 0.2) is 18.2 Å². The molecule has 0 saturated carbocycles. The molecule has 1 N–H and O–H groups in total. The summed E-state index contributed by atoms with van der Waals surface area (Å²) in [5.41, 5.74) is -0.144. The Morgan fingerprint density at radius 1 is 1.32 bits per heavy atom. The second-order valence-corrected chi connectivity index (χ2v) is 6.18. The predicted molar refractivity (Wildman–Crippen MR) is 91.2 cm³/mol. The smallest absolute Gasteiger partial charge is 0.255 e. The van der Waals surface area contributed by atoms with Crippen molar-refractivity contribution in [1.82, 2.24) is 10.2 Å². The number of halogens is 2. The molecule has 0 atom stereocenters. The van der Waals surface area contributed by atoms with Crippen LogP contribution in [0, 0.1) is 5.82 Å². The van der Waals surface area contributed by atoms with Crippen molar-refractivity contribution in [2.45, 2.75) is 18.9 Å². The Kier molecular flexibility index (Phi) is 7.61. The van der Waals surface area contributed by atoms with E-state index in [1.165, 1.54) is 18.2 Å². The van der Waals surface area contributed by atoms with E-state index in [0.29, 0.717) is 39.1 Å². The van der Waals surface area contributed by atoms with Gasteiger partial charge in [0.15, 0.2) is 0 Å². The number of benzene rings is 1. The van der Waals surface area contributed by atoms with E-state index in [1.54, 1.807) is 12.0 Å². The fourth-order valence-electron chi connectivity index (χ4n) is 2.64. The Hall–Kier alpha value is -1.70. The summed E-state index contributed by atoms with van der Waals surface area (Å²) in [5.74, 6) is -1.26. The normalized spacial score (nSPS) is 15.2. The van der Waals surface area contributed by atoms with Gasteiger partial charge >= 0.3 is 0 Å². The van der Waals surface area contributed by atoms with Crippen LogP contribution in [0.25, 0.3) is 0 Å². The minimum absolute atomic E-state index is 0.0191. The highest BCUT2D eigenvalue weighted by atomic mass is 35.5. The predicted octanol–water partition coefficient (Wildman–Crippen LogP) is 1.86. The maximum atomic E-state index is 13.8. The maximum Gasteiger partial charge on any atom is 0.255 e. The zero-order valence-electron chi connectivity index (χ0n) is 14.1. The van der Waals surface area contributed by atoms with E-state index in [4.69, 9.17) is 21.1 Å². The number of ether oxygens (including phenoxy) is 2. The second kappa shape index (κ2) is 9.70. The number of carbonyl (C=O) groups is 2. The van der Waals surface area contributed by atoms with Crippen molar-refractivity contribution in [2.75, 3.05) is 40.0 Å². The summed E-state index contributed by atoms with van der Waals surface area (Å²) in [7, 11) is 1.57. The standard InChI is InChI=1S/C17H22ClFN2O4/c1-24-9-10-25-11-15(22)21-7-5-12(6-8-21)20-17(23)16-13(18)3-2-4-14(16)19/h2-4,12H,5-11H2,1H3,(H,20,23). The Bertz CT molecular complexity index is 586. The van der Waals surface area contributed by atoms with E-state index in [2.05, 4.69) is 5.32 Å². The summed E-state index contributed by atoms with van der Waals surface area (Å²) in [6, 6.07) is 4.00. The average Bonchev–Trinajstić information content (AvgIpc) is 2.59. The SMILES string of the molecule is COCCOCC(=O)N1CCC(NC(=O)c2c(F)cccc2Cl)CC1. The van der Waals surface area contributed by atoms with E-state index in [1.807, 2.05) is 0 Å². The minimum atomic E-state index is -0.647. The summed E-state index contributed by atoms with van der Waals surface area (Å²) in [6.45, 7) is 1.87. The molecule has 6 nitrogen and oxygen atoms in total. The monoisotopic (exact) mass is 372 g/mol. The Labute approximate surface area is 151 Å². The molecule has 0 unspecified atom stereocenters. The lowest BCUT2D eigenvalue weighted by molar-refractivity contribution is -0.137. The summed E-state index contributed by atoms with van der Waals surface area (Å²) in [5, 5.41) is 2.87. The molecule has 1 fully saturated rings. The van der Waals surface area contributed by atoms with E-state index in [9.17, 15) is 14.0 Å². The van der Waals surface area contributed by atoms with Gasteiger partial charge in [-0.1, -0.05) is 17.7 Å². The lowest BCUT2D eigenvalue weighted by atomic mass is 10.0. The largest absolute Gasteiger partial charge is 0.382 e. The van der Waals surface area contributed by atoms with Crippen molar-refractivity contribution in [3.05, 3.63) is 34.6 Å². The lowest BCUT2D eigenvalue weighted by Gasteiger charge is -2.32. The molecular weight excluding hydrogens is 351 g/mol. The fraction of sp³-hybridized carbons (Fsp3) is 0.529. The average molecular weight is 373 g/mol. The quantitative estimate of drug-likeness (QED) is 0.742. The number of piperidine rings is 1. The zero-order chi connectivity index (χ0) is 18.2. The van der Waals surface area contributed by atoms with Gasteiger partial charge in [0.2, 0.25) is 5.91 Å². The first-order valence-corrected chi connectivity index (χ1v) is 8.50. The number of amides is 2. The van der Waals surface area contributed by atoms with Gasteiger partial charge in [-0.25, -0.2) is 4.39 Å². The fourth-order valence-corrected chi connectivity index (χ4v) is 2.89. The highest BCUT2D eigenvalue weighted by Gasteiger charge is 2.25. The Morgan fingerprint density at radius 3 is 2.68 bits per heavy atom. The van der Waals surface area contributed by atoms with Crippen LogP contribution < -0.4 is 5.32 Å². The topological polar surface area (TPSA) is 67.9 Å². The van der Waals surface area contributed by atoms with E-state index in [0.717, 1.165) is 0 Å². The molecule has 8 heteroatoms. The number of methoxy groups -OCH3 is 1. The highest BCUT2D eigenvalue weighted by Crippen LogP contribution is 2.20. The molecule has 2 amide bonds. The molecule has 1 aromatic rings. The van der Waals surface area contributed by atoms with E-state index < -0.39 is 11.7 Å². The van der Waals surface area contributed by atoms with E-state index in [-0.39, 0.29) is 29.1 Å². The van der Waals surface area contributed by atoms with Crippen molar-refractivity contribution in [3.63, 3.8) is 0 Å². The van der Waals surface area contributed by atoms with Gasteiger partial charge in [0.05, 0.1) is 23.8 Å². The van der Waals surface area contributed by atoms with Gasteiger partial charge in [0.1, 0.15) is 12.4 Å². The van der Waals surface area contributed by atoms with Gasteiger partial charge in [0, 0.05) is 26.2 Å². The molecule has 1 saturated heterocycles. The van der Waals surface area contributed by atoms with Gasteiger partial charge in [0.25, 0.3) is 5.91 Å². The molecule has 0 aliphatic carbocycles. The maximum absolute atomic E-state index is 13.8. The van der Waals surface area contributed by atoms with Gasteiger partial charge < -0.3 is 19.7 Å². The second-order valence-electron chi connectivity index (χ2n) is 5.77. The van der Waals surface area contributed by atoms with E-state index >= 15 is 0 Å². The number of likely N-dealkylation sites (tertiary alicyclic amines) is 1. The number of hydrogen-bond acceptors (Lipinski definition) is 4. The summed E-state index contributed by atoms with van der Waals surface area (Å²) in [4.78, 5) is 25.9. The number of rotatable bonds is 7. The van der Waals surface area contributed by atoms with Crippen LogP contribution in [0.5, 0.6) is 0 Å². The minimum Gasteiger partial charge on any atom is -0.382 e. The lowest BCUT2D eigenvalue weighted by Crippen LogP contribution is -2.47. The van der Waals surface area contributed by atoms with Gasteiger partial charge in [-0.2, -0.15) is 0 Å². The molecule has 1 aliphatic heterocycles. The summed E-state index contributed by atoms with van der Waals surface area (Å²) in [6.07, 6.45) is 1.20. The van der Waals surface area contributed by atoms with Crippen molar-refractivity contribution < 1.29 is 23.5 Å². The molecule has 25 heavy (non-hydrogen) atoms. The van der Waals surface area contributed by atoms with Crippen molar-refractivity contribution >= 4 is 23.4 Å². The van der Waals surface area contributed by atoms with Crippen LogP contribution in [-0.4, -0.2) is 62.8 Å². The first-order chi connectivity index (χ1) is 12.0. The molecule has 1 heterocycles. The zero-order valence-corrected chi connectivity index (χ0v) is 14.9. The Morgan fingerprint density at radius 2 is 2.04 bits per heavy atom. The van der Waals surface area contributed by atoms with Crippen LogP contribution in [0.3, 0.4) is 0 Å². The third kappa shape index (κ3) is 5.66. The first kappa shape index (κ1) is 19.6. The number of nitrogens with zero attached hydrogens (tertiary/aromatic N) is 1.